The van der Waals surface area contributed by atoms with Gasteiger partial charge in [0.2, 0.25) is 10.0 Å². The first-order chi connectivity index (χ1) is 14.0. The number of rotatable bonds is 5. The van der Waals surface area contributed by atoms with Crippen molar-refractivity contribution in [2.24, 2.45) is 0 Å². The van der Waals surface area contributed by atoms with Crippen LogP contribution in [0.5, 0.6) is 0 Å². The third-order valence-electron chi connectivity index (χ3n) is 5.60. The smallest absolute Gasteiger partial charge is 0.251 e. The number of sulfonamides is 1. The van der Waals surface area contributed by atoms with Crippen molar-refractivity contribution in [2.75, 3.05) is 26.3 Å². The summed E-state index contributed by atoms with van der Waals surface area (Å²) in [6.45, 7) is 1.66. The van der Waals surface area contributed by atoms with E-state index in [-0.39, 0.29) is 17.7 Å². The van der Waals surface area contributed by atoms with E-state index in [4.69, 9.17) is 4.74 Å². The summed E-state index contributed by atoms with van der Waals surface area (Å²) in [5, 5.41) is 3.13. The molecule has 0 radical (unpaired) electrons. The first-order valence-corrected chi connectivity index (χ1v) is 11.7. The topological polar surface area (TPSA) is 75.7 Å². The maximum Gasteiger partial charge on any atom is 0.251 e. The molecule has 1 fully saturated rings. The number of amides is 1. The normalized spacial score (nSPS) is 20.1. The Kier molecular flexibility index (Phi) is 5.99. The van der Waals surface area contributed by atoms with E-state index in [1.807, 2.05) is 12.1 Å². The fourth-order valence-corrected chi connectivity index (χ4v) is 5.53. The summed E-state index contributed by atoms with van der Waals surface area (Å²) < 4.78 is 31.8. The van der Waals surface area contributed by atoms with Crippen LogP contribution in [-0.2, 0) is 26.9 Å². The minimum atomic E-state index is -3.37. The van der Waals surface area contributed by atoms with Gasteiger partial charge in [-0.1, -0.05) is 36.4 Å². The van der Waals surface area contributed by atoms with Gasteiger partial charge in [-0.25, -0.2) is 8.42 Å². The van der Waals surface area contributed by atoms with Crippen LogP contribution in [0.25, 0.3) is 0 Å². The van der Waals surface area contributed by atoms with Crippen LogP contribution in [-0.4, -0.2) is 44.9 Å². The molecule has 1 amide bonds. The highest BCUT2D eigenvalue weighted by molar-refractivity contribution is 7.88. The van der Waals surface area contributed by atoms with Crippen LogP contribution in [0.3, 0.4) is 0 Å². The molecule has 1 aliphatic carbocycles. The molecule has 2 aromatic rings. The van der Waals surface area contributed by atoms with Gasteiger partial charge in [-0.15, -0.1) is 0 Å². The first-order valence-electron chi connectivity index (χ1n) is 10.1. The number of aryl methyl sites for hydroxylation is 1. The van der Waals surface area contributed by atoms with Crippen LogP contribution < -0.4 is 5.32 Å². The lowest BCUT2D eigenvalue weighted by Gasteiger charge is -2.26. The average molecular weight is 415 g/mol. The van der Waals surface area contributed by atoms with E-state index in [1.54, 1.807) is 24.3 Å². The van der Waals surface area contributed by atoms with Crippen molar-refractivity contribution in [1.82, 2.24) is 9.62 Å². The van der Waals surface area contributed by atoms with Gasteiger partial charge in [0.25, 0.3) is 5.91 Å². The Bertz CT molecular complexity index is 967. The Morgan fingerprint density at radius 1 is 1.07 bits per heavy atom. The molecule has 154 valence electrons. The van der Waals surface area contributed by atoms with Crippen molar-refractivity contribution in [3.8, 4) is 0 Å². The largest absolute Gasteiger partial charge is 0.379 e. The highest BCUT2D eigenvalue weighted by Crippen LogP contribution is 2.29. The molecule has 2 aliphatic rings. The molecular formula is C22H26N2O4S. The van der Waals surface area contributed by atoms with Gasteiger partial charge < -0.3 is 10.1 Å². The van der Waals surface area contributed by atoms with Gasteiger partial charge in [-0.3, -0.25) is 4.79 Å². The van der Waals surface area contributed by atoms with Gasteiger partial charge in [-0.2, -0.15) is 4.31 Å². The Morgan fingerprint density at radius 2 is 1.79 bits per heavy atom. The van der Waals surface area contributed by atoms with Gasteiger partial charge in [0.1, 0.15) is 0 Å². The van der Waals surface area contributed by atoms with Gasteiger partial charge in [0.05, 0.1) is 25.0 Å². The van der Waals surface area contributed by atoms with Crippen molar-refractivity contribution < 1.29 is 17.9 Å². The Labute approximate surface area is 171 Å². The second-order valence-electron chi connectivity index (χ2n) is 7.58. The molecule has 7 heteroatoms. The number of benzene rings is 2. The van der Waals surface area contributed by atoms with E-state index in [9.17, 15) is 13.2 Å². The number of ether oxygens (including phenoxy) is 1. The molecule has 1 atom stereocenters. The molecule has 0 unspecified atom stereocenters. The quantitative estimate of drug-likeness (QED) is 0.816. The standard InChI is InChI=1S/C22H26N2O4S/c25-22(23-21-7-3-5-18-4-1-2-6-20(18)21)19-10-8-17(9-11-19)16-29(26,27)24-12-14-28-15-13-24/h1-2,4,6,8-11,21H,3,5,7,12-16H2,(H,23,25)/t21-/m1/s1. The van der Waals surface area contributed by atoms with E-state index in [0.29, 0.717) is 37.4 Å². The van der Waals surface area contributed by atoms with E-state index < -0.39 is 10.0 Å². The van der Waals surface area contributed by atoms with Crippen LogP contribution in [0.4, 0.5) is 0 Å². The third kappa shape index (κ3) is 4.69. The minimum Gasteiger partial charge on any atom is -0.379 e. The third-order valence-corrected chi connectivity index (χ3v) is 7.45. The fraction of sp³-hybridized carbons (Fsp3) is 0.409. The maximum absolute atomic E-state index is 12.7. The maximum atomic E-state index is 12.7. The second kappa shape index (κ2) is 8.65. The second-order valence-corrected chi connectivity index (χ2v) is 9.55. The fourth-order valence-electron chi connectivity index (χ4n) is 4.02. The average Bonchev–Trinajstić information content (AvgIpc) is 2.75. The molecule has 6 nitrogen and oxygen atoms in total. The predicted octanol–water partition coefficient (Wildman–Crippen LogP) is 2.66. The van der Waals surface area contributed by atoms with E-state index >= 15 is 0 Å². The summed E-state index contributed by atoms with van der Waals surface area (Å²) in [5.74, 6) is -0.195. The van der Waals surface area contributed by atoms with Gasteiger partial charge in [-0.05, 0) is 48.1 Å². The summed E-state index contributed by atoms with van der Waals surface area (Å²) >= 11 is 0. The lowest BCUT2D eigenvalue weighted by Crippen LogP contribution is -2.41. The van der Waals surface area contributed by atoms with Crippen molar-refractivity contribution in [3.05, 3.63) is 70.8 Å². The van der Waals surface area contributed by atoms with Crippen molar-refractivity contribution in [2.45, 2.75) is 31.1 Å². The summed E-state index contributed by atoms with van der Waals surface area (Å²) in [5.41, 5.74) is 3.71. The predicted molar refractivity (Wildman–Crippen MR) is 111 cm³/mol. The molecule has 1 N–H and O–H groups in total. The summed E-state index contributed by atoms with van der Waals surface area (Å²) in [6.07, 6.45) is 3.04. The SMILES string of the molecule is O=C(N[C@@H]1CCCc2ccccc21)c1ccc(CS(=O)(=O)N2CCOCC2)cc1. The van der Waals surface area contributed by atoms with Crippen molar-refractivity contribution >= 4 is 15.9 Å². The van der Waals surface area contributed by atoms with Crippen LogP contribution >= 0.6 is 0 Å². The number of nitrogens with one attached hydrogen (secondary N) is 1. The summed E-state index contributed by atoms with van der Waals surface area (Å²) in [4.78, 5) is 12.7. The number of nitrogens with zero attached hydrogens (tertiary/aromatic N) is 1. The number of carbonyl (C=O) groups is 1. The van der Waals surface area contributed by atoms with Crippen LogP contribution in [0.15, 0.2) is 48.5 Å². The highest BCUT2D eigenvalue weighted by atomic mass is 32.2. The number of morpholine rings is 1. The van der Waals surface area contributed by atoms with Gasteiger partial charge in [0.15, 0.2) is 0 Å². The lowest BCUT2D eigenvalue weighted by atomic mass is 9.87. The molecule has 1 saturated heterocycles. The van der Waals surface area contributed by atoms with E-state index in [1.165, 1.54) is 15.4 Å². The molecular weight excluding hydrogens is 388 g/mol. The molecule has 4 rings (SSSR count). The monoisotopic (exact) mass is 414 g/mol. The molecule has 1 heterocycles. The van der Waals surface area contributed by atoms with E-state index in [2.05, 4.69) is 17.4 Å². The molecule has 2 aromatic carbocycles. The van der Waals surface area contributed by atoms with Crippen molar-refractivity contribution in [1.29, 1.82) is 0 Å². The summed E-state index contributed by atoms with van der Waals surface area (Å²) in [7, 11) is -3.37. The molecule has 1 aliphatic heterocycles. The first kappa shape index (κ1) is 20.1. The molecule has 0 spiro atoms. The zero-order valence-corrected chi connectivity index (χ0v) is 17.2. The molecule has 0 saturated carbocycles. The number of hydrogen-bond donors (Lipinski definition) is 1. The van der Waals surface area contributed by atoms with Crippen LogP contribution in [0.2, 0.25) is 0 Å². The van der Waals surface area contributed by atoms with Gasteiger partial charge in [0, 0.05) is 18.7 Å². The van der Waals surface area contributed by atoms with Crippen LogP contribution in [0.1, 0.15) is 45.9 Å². The van der Waals surface area contributed by atoms with Crippen LogP contribution in [0, 0.1) is 0 Å². The van der Waals surface area contributed by atoms with Gasteiger partial charge >= 0.3 is 0 Å². The highest BCUT2D eigenvalue weighted by Gasteiger charge is 2.25. The zero-order valence-electron chi connectivity index (χ0n) is 16.3. The summed E-state index contributed by atoms with van der Waals surface area (Å²) in [6, 6.07) is 15.1. The molecule has 0 aromatic heterocycles. The Balaban J connectivity index is 1.41. The molecule has 0 bridgehead atoms. The minimum absolute atomic E-state index is 0.0221. The number of hydrogen-bond acceptors (Lipinski definition) is 4. The molecule has 29 heavy (non-hydrogen) atoms. The van der Waals surface area contributed by atoms with E-state index in [0.717, 1.165) is 19.3 Å². The number of fused-ring (bicyclic) bond motifs is 1. The zero-order chi connectivity index (χ0) is 20.3. The lowest BCUT2D eigenvalue weighted by molar-refractivity contribution is 0.0729. The Hall–Kier alpha value is -2.22. The number of carbonyl (C=O) groups excluding carboxylic acids is 1. The van der Waals surface area contributed by atoms with Crippen molar-refractivity contribution in [3.63, 3.8) is 0 Å². The Morgan fingerprint density at radius 3 is 2.55 bits per heavy atom.